The van der Waals surface area contributed by atoms with Gasteiger partial charge in [-0.15, -0.1) is 0 Å². The van der Waals surface area contributed by atoms with E-state index in [2.05, 4.69) is 10.6 Å². The van der Waals surface area contributed by atoms with E-state index in [0.717, 1.165) is 24.5 Å². The SMILES string of the molecule is COc1ccc(OCCNC(=O)CC2CCCN2)cc1. The van der Waals surface area contributed by atoms with E-state index in [4.69, 9.17) is 9.47 Å². The molecular formula is C15H22N2O3. The van der Waals surface area contributed by atoms with E-state index < -0.39 is 0 Å². The Balaban J connectivity index is 1.59. The highest BCUT2D eigenvalue weighted by Gasteiger charge is 2.17. The van der Waals surface area contributed by atoms with Gasteiger partial charge in [0, 0.05) is 12.5 Å². The van der Waals surface area contributed by atoms with E-state index in [0.29, 0.717) is 25.6 Å². The summed E-state index contributed by atoms with van der Waals surface area (Å²) in [4.78, 5) is 11.7. The largest absolute Gasteiger partial charge is 0.497 e. The first kappa shape index (κ1) is 14.7. The maximum Gasteiger partial charge on any atom is 0.221 e. The molecule has 0 aliphatic carbocycles. The fourth-order valence-corrected chi connectivity index (χ4v) is 2.26. The van der Waals surface area contributed by atoms with Crippen molar-refractivity contribution in [3.63, 3.8) is 0 Å². The van der Waals surface area contributed by atoms with Crippen molar-refractivity contribution in [1.29, 1.82) is 0 Å². The summed E-state index contributed by atoms with van der Waals surface area (Å²) < 4.78 is 10.6. The lowest BCUT2D eigenvalue weighted by molar-refractivity contribution is -0.121. The van der Waals surface area contributed by atoms with Gasteiger partial charge in [0.05, 0.1) is 13.7 Å². The second-order valence-electron chi connectivity index (χ2n) is 4.87. The third-order valence-electron chi connectivity index (χ3n) is 3.35. The average Bonchev–Trinajstić information content (AvgIpc) is 2.97. The molecule has 2 N–H and O–H groups in total. The molecule has 1 atom stereocenters. The molecule has 110 valence electrons. The summed E-state index contributed by atoms with van der Waals surface area (Å²) in [5, 5.41) is 6.18. The summed E-state index contributed by atoms with van der Waals surface area (Å²) >= 11 is 0. The molecule has 0 bridgehead atoms. The average molecular weight is 278 g/mol. The highest BCUT2D eigenvalue weighted by molar-refractivity contribution is 5.76. The predicted molar refractivity (Wildman–Crippen MR) is 77.1 cm³/mol. The molecule has 20 heavy (non-hydrogen) atoms. The van der Waals surface area contributed by atoms with Gasteiger partial charge in [-0.25, -0.2) is 0 Å². The molecule has 0 spiro atoms. The van der Waals surface area contributed by atoms with E-state index in [-0.39, 0.29) is 5.91 Å². The molecule has 5 nitrogen and oxygen atoms in total. The quantitative estimate of drug-likeness (QED) is 0.739. The van der Waals surface area contributed by atoms with Gasteiger partial charge in [0.2, 0.25) is 5.91 Å². The van der Waals surface area contributed by atoms with E-state index in [1.54, 1.807) is 7.11 Å². The van der Waals surface area contributed by atoms with Gasteiger partial charge in [-0.1, -0.05) is 0 Å². The molecule has 1 aliphatic rings. The van der Waals surface area contributed by atoms with Crippen LogP contribution in [0.1, 0.15) is 19.3 Å². The van der Waals surface area contributed by atoms with Gasteiger partial charge in [0.25, 0.3) is 0 Å². The molecule has 1 amide bonds. The minimum Gasteiger partial charge on any atom is -0.497 e. The Morgan fingerprint density at radius 2 is 2.10 bits per heavy atom. The highest BCUT2D eigenvalue weighted by Crippen LogP contribution is 2.16. The Morgan fingerprint density at radius 1 is 1.35 bits per heavy atom. The van der Waals surface area contributed by atoms with Crippen LogP contribution in [0.4, 0.5) is 0 Å². The summed E-state index contributed by atoms with van der Waals surface area (Å²) in [6, 6.07) is 7.74. The maximum atomic E-state index is 11.7. The summed E-state index contributed by atoms with van der Waals surface area (Å²) in [7, 11) is 1.63. The maximum absolute atomic E-state index is 11.7. The number of amides is 1. The van der Waals surface area contributed by atoms with E-state index >= 15 is 0 Å². The smallest absolute Gasteiger partial charge is 0.221 e. The van der Waals surface area contributed by atoms with Gasteiger partial charge in [0.1, 0.15) is 18.1 Å². The summed E-state index contributed by atoms with van der Waals surface area (Å²) in [5.41, 5.74) is 0. The van der Waals surface area contributed by atoms with E-state index in [9.17, 15) is 4.79 Å². The Kier molecular flexibility index (Phi) is 5.68. The molecule has 1 aromatic rings. The molecular weight excluding hydrogens is 256 g/mol. The van der Waals surface area contributed by atoms with Crippen LogP contribution < -0.4 is 20.1 Å². The number of methoxy groups -OCH3 is 1. The van der Waals surface area contributed by atoms with Gasteiger partial charge in [-0.2, -0.15) is 0 Å². The molecule has 0 saturated carbocycles. The number of benzene rings is 1. The second-order valence-corrected chi connectivity index (χ2v) is 4.87. The van der Waals surface area contributed by atoms with Crippen molar-refractivity contribution in [2.45, 2.75) is 25.3 Å². The number of carbonyl (C=O) groups is 1. The third kappa shape index (κ3) is 4.74. The number of hydrogen-bond donors (Lipinski definition) is 2. The zero-order valence-corrected chi connectivity index (χ0v) is 11.9. The molecule has 2 rings (SSSR count). The molecule has 1 fully saturated rings. The minimum atomic E-state index is 0.0859. The zero-order chi connectivity index (χ0) is 14.2. The van der Waals surface area contributed by atoms with Gasteiger partial charge < -0.3 is 20.1 Å². The first-order valence-electron chi connectivity index (χ1n) is 7.05. The number of ether oxygens (including phenoxy) is 2. The normalized spacial score (nSPS) is 17.8. The first-order valence-corrected chi connectivity index (χ1v) is 7.05. The molecule has 5 heteroatoms. The van der Waals surface area contributed by atoms with Gasteiger partial charge in [-0.05, 0) is 43.7 Å². The summed E-state index contributed by atoms with van der Waals surface area (Å²) in [5.74, 6) is 1.66. The van der Waals surface area contributed by atoms with Crippen molar-refractivity contribution in [3.05, 3.63) is 24.3 Å². The summed E-state index contributed by atoms with van der Waals surface area (Å²) in [6.07, 6.45) is 2.82. The van der Waals surface area contributed by atoms with Crippen LogP contribution in [0.3, 0.4) is 0 Å². The van der Waals surface area contributed by atoms with Crippen LogP contribution in [0.2, 0.25) is 0 Å². The topological polar surface area (TPSA) is 59.6 Å². The fraction of sp³-hybridized carbons (Fsp3) is 0.533. The van der Waals surface area contributed by atoms with Crippen molar-refractivity contribution in [2.75, 3.05) is 26.8 Å². The number of hydrogen-bond acceptors (Lipinski definition) is 4. The van der Waals surface area contributed by atoms with Gasteiger partial charge >= 0.3 is 0 Å². The molecule has 1 unspecified atom stereocenters. The number of rotatable bonds is 7. The molecule has 1 heterocycles. The Bertz CT molecular complexity index is 414. The van der Waals surface area contributed by atoms with E-state index in [1.165, 1.54) is 6.42 Å². The molecule has 1 aliphatic heterocycles. The first-order chi connectivity index (χ1) is 9.78. The standard InChI is InChI=1S/C15H22N2O3/c1-19-13-4-6-14(7-5-13)20-10-9-17-15(18)11-12-3-2-8-16-12/h4-7,12,16H,2-3,8-11H2,1H3,(H,17,18). The van der Waals surface area contributed by atoms with Gasteiger partial charge in [0.15, 0.2) is 0 Å². The number of carbonyl (C=O) groups excluding carboxylic acids is 1. The van der Waals surface area contributed by atoms with Crippen molar-refractivity contribution < 1.29 is 14.3 Å². The van der Waals surface area contributed by atoms with Gasteiger partial charge in [-0.3, -0.25) is 4.79 Å². The van der Waals surface area contributed by atoms with Crippen molar-refractivity contribution >= 4 is 5.91 Å². The van der Waals surface area contributed by atoms with Crippen LogP contribution in [0.15, 0.2) is 24.3 Å². The minimum absolute atomic E-state index is 0.0859. The van der Waals surface area contributed by atoms with Crippen molar-refractivity contribution in [2.24, 2.45) is 0 Å². The Hall–Kier alpha value is -1.75. The molecule has 1 aromatic carbocycles. The van der Waals surface area contributed by atoms with Crippen molar-refractivity contribution in [3.8, 4) is 11.5 Å². The Morgan fingerprint density at radius 3 is 2.75 bits per heavy atom. The summed E-state index contributed by atoms with van der Waals surface area (Å²) in [6.45, 7) is 2.02. The zero-order valence-electron chi connectivity index (χ0n) is 11.9. The van der Waals surface area contributed by atoms with Crippen LogP contribution in [0.25, 0.3) is 0 Å². The Labute approximate surface area is 119 Å². The monoisotopic (exact) mass is 278 g/mol. The number of nitrogens with one attached hydrogen (secondary N) is 2. The third-order valence-corrected chi connectivity index (χ3v) is 3.35. The van der Waals surface area contributed by atoms with Crippen LogP contribution >= 0.6 is 0 Å². The molecule has 0 aromatic heterocycles. The van der Waals surface area contributed by atoms with E-state index in [1.807, 2.05) is 24.3 Å². The second kappa shape index (κ2) is 7.75. The van der Waals surface area contributed by atoms with Crippen molar-refractivity contribution in [1.82, 2.24) is 10.6 Å². The lowest BCUT2D eigenvalue weighted by Crippen LogP contribution is -2.33. The van der Waals surface area contributed by atoms with Crippen LogP contribution in [0, 0.1) is 0 Å². The highest BCUT2D eigenvalue weighted by atomic mass is 16.5. The lowest BCUT2D eigenvalue weighted by Gasteiger charge is -2.11. The molecule has 1 saturated heterocycles. The molecule has 0 radical (unpaired) electrons. The predicted octanol–water partition coefficient (Wildman–Crippen LogP) is 1.33. The van der Waals surface area contributed by atoms with Crippen LogP contribution in [-0.2, 0) is 4.79 Å². The lowest BCUT2D eigenvalue weighted by atomic mass is 10.1. The van der Waals surface area contributed by atoms with Crippen LogP contribution in [0.5, 0.6) is 11.5 Å². The van der Waals surface area contributed by atoms with Crippen LogP contribution in [-0.4, -0.2) is 38.8 Å². The fourth-order valence-electron chi connectivity index (χ4n) is 2.26.